The van der Waals surface area contributed by atoms with Gasteiger partial charge in [0.05, 0.1) is 12.8 Å². The van der Waals surface area contributed by atoms with Gasteiger partial charge in [-0.25, -0.2) is 9.97 Å². The Balaban J connectivity index is 2.46. The van der Waals surface area contributed by atoms with Gasteiger partial charge in [0.2, 0.25) is 0 Å². The maximum absolute atomic E-state index is 10.8. The third-order valence-corrected chi connectivity index (χ3v) is 2.60. The van der Waals surface area contributed by atoms with Gasteiger partial charge >= 0.3 is 5.97 Å². The Morgan fingerprint density at radius 1 is 1.37 bits per heavy atom. The van der Waals surface area contributed by atoms with E-state index >= 15 is 0 Å². The van der Waals surface area contributed by atoms with Crippen LogP contribution in [0.15, 0.2) is 36.5 Å². The van der Waals surface area contributed by atoms with E-state index in [1.54, 1.807) is 19.2 Å². The van der Waals surface area contributed by atoms with E-state index in [4.69, 9.17) is 15.6 Å². The van der Waals surface area contributed by atoms with Gasteiger partial charge < -0.3 is 15.6 Å². The second-order valence-electron chi connectivity index (χ2n) is 3.82. The molecule has 1 atom stereocenters. The summed E-state index contributed by atoms with van der Waals surface area (Å²) in [5, 5.41) is 8.87. The molecule has 0 radical (unpaired) electrons. The van der Waals surface area contributed by atoms with Crippen LogP contribution < -0.4 is 10.5 Å². The molecule has 19 heavy (non-hydrogen) atoms. The van der Waals surface area contributed by atoms with Gasteiger partial charge in [-0.1, -0.05) is 12.1 Å². The minimum atomic E-state index is -1.24. The number of nitrogens with two attached hydrogens (primary N) is 1. The fourth-order valence-electron chi connectivity index (χ4n) is 1.64. The van der Waals surface area contributed by atoms with E-state index in [1.165, 1.54) is 6.20 Å². The van der Waals surface area contributed by atoms with Crippen LogP contribution in [0, 0.1) is 0 Å². The van der Waals surface area contributed by atoms with Crippen LogP contribution >= 0.6 is 0 Å². The SMILES string of the molecule is COc1ccccc1-c1ccnc(C(N)C(=O)O)n1. The molecule has 6 nitrogen and oxygen atoms in total. The molecule has 98 valence electrons. The van der Waals surface area contributed by atoms with Crippen LogP contribution in [-0.4, -0.2) is 28.2 Å². The number of rotatable bonds is 4. The molecule has 1 aromatic heterocycles. The first-order chi connectivity index (χ1) is 9.13. The zero-order chi connectivity index (χ0) is 13.8. The topological polar surface area (TPSA) is 98.3 Å². The molecule has 0 bridgehead atoms. The van der Waals surface area contributed by atoms with E-state index < -0.39 is 12.0 Å². The van der Waals surface area contributed by atoms with Crippen molar-refractivity contribution < 1.29 is 14.6 Å². The molecule has 0 aliphatic rings. The van der Waals surface area contributed by atoms with Crippen molar-refractivity contribution in [2.45, 2.75) is 6.04 Å². The van der Waals surface area contributed by atoms with Gasteiger partial charge in [0, 0.05) is 11.8 Å². The van der Waals surface area contributed by atoms with Crippen LogP contribution in [0.3, 0.4) is 0 Å². The van der Waals surface area contributed by atoms with Crippen molar-refractivity contribution in [3.63, 3.8) is 0 Å². The molecule has 0 saturated heterocycles. The Hall–Kier alpha value is -2.47. The summed E-state index contributed by atoms with van der Waals surface area (Å²) < 4.78 is 5.24. The number of aromatic nitrogens is 2. The van der Waals surface area contributed by atoms with Crippen molar-refractivity contribution in [3.8, 4) is 17.0 Å². The molecule has 1 heterocycles. The minimum Gasteiger partial charge on any atom is -0.496 e. The number of methoxy groups -OCH3 is 1. The van der Waals surface area contributed by atoms with Gasteiger partial charge in [0.15, 0.2) is 11.9 Å². The summed E-state index contributed by atoms with van der Waals surface area (Å²) in [6, 6.07) is 7.75. The number of hydrogen-bond donors (Lipinski definition) is 2. The van der Waals surface area contributed by atoms with E-state index in [0.717, 1.165) is 5.56 Å². The van der Waals surface area contributed by atoms with Gasteiger partial charge in [-0.05, 0) is 18.2 Å². The van der Waals surface area contributed by atoms with Gasteiger partial charge in [0.25, 0.3) is 0 Å². The van der Waals surface area contributed by atoms with Crippen LogP contribution in [0.2, 0.25) is 0 Å². The number of ether oxygens (including phenoxy) is 1. The molecular weight excluding hydrogens is 246 g/mol. The summed E-state index contributed by atoms with van der Waals surface area (Å²) in [4.78, 5) is 18.9. The van der Waals surface area contributed by atoms with E-state index in [-0.39, 0.29) is 5.82 Å². The van der Waals surface area contributed by atoms with E-state index in [0.29, 0.717) is 11.4 Å². The highest BCUT2D eigenvalue weighted by Crippen LogP contribution is 2.28. The van der Waals surface area contributed by atoms with E-state index in [2.05, 4.69) is 9.97 Å². The summed E-state index contributed by atoms with van der Waals surface area (Å²) in [7, 11) is 1.56. The molecular formula is C13H13N3O3. The minimum absolute atomic E-state index is 0.0657. The Bertz CT molecular complexity index is 601. The number of carboxylic acid groups (broad SMARTS) is 1. The van der Waals surface area contributed by atoms with Crippen molar-refractivity contribution in [1.29, 1.82) is 0 Å². The predicted octanol–water partition coefficient (Wildman–Crippen LogP) is 1.24. The Labute approximate surface area is 109 Å². The number of carboxylic acids is 1. The molecule has 0 spiro atoms. The van der Waals surface area contributed by atoms with Gasteiger partial charge in [-0.3, -0.25) is 4.79 Å². The van der Waals surface area contributed by atoms with Crippen LogP contribution in [-0.2, 0) is 4.79 Å². The average Bonchev–Trinajstić information content (AvgIpc) is 2.46. The lowest BCUT2D eigenvalue weighted by Crippen LogP contribution is -2.23. The van der Waals surface area contributed by atoms with Crippen LogP contribution in [0.25, 0.3) is 11.3 Å². The molecule has 0 saturated carbocycles. The zero-order valence-electron chi connectivity index (χ0n) is 10.3. The number of hydrogen-bond acceptors (Lipinski definition) is 5. The number of nitrogens with zero attached hydrogens (tertiary/aromatic N) is 2. The van der Waals surface area contributed by atoms with Gasteiger partial charge in [-0.2, -0.15) is 0 Å². The van der Waals surface area contributed by atoms with Crippen molar-refractivity contribution >= 4 is 5.97 Å². The Kier molecular flexibility index (Phi) is 3.72. The number of para-hydroxylation sites is 1. The lowest BCUT2D eigenvalue weighted by atomic mass is 10.1. The summed E-state index contributed by atoms with van der Waals surface area (Å²) in [6.45, 7) is 0. The first-order valence-corrected chi connectivity index (χ1v) is 5.58. The number of carbonyl (C=O) groups is 1. The highest BCUT2D eigenvalue weighted by molar-refractivity contribution is 5.74. The smallest absolute Gasteiger partial charge is 0.328 e. The van der Waals surface area contributed by atoms with Crippen molar-refractivity contribution in [2.24, 2.45) is 5.73 Å². The summed E-state index contributed by atoms with van der Waals surface area (Å²) in [5.74, 6) is -0.455. The fourth-order valence-corrected chi connectivity index (χ4v) is 1.64. The van der Waals surface area contributed by atoms with Crippen LogP contribution in [0.5, 0.6) is 5.75 Å². The van der Waals surface area contributed by atoms with E-state index in [1.807, 2.05) is 18.2 Å². The zero-order valence-corrected chi connectivity index (χ0v) is 10.3. The molecule has 0 amide bonds. The van der Waals surface area contributed by atoms with Gasteiger partial charge in [0.1, 0.15) is 5.75 Å². The van der Waals surface area contributed by atoms with E-state index in [9.17, 15) is 4.79 Å². The summed E-state index contributed by atoms with van der Waals surface area (Å²) in [5.41, 5.74) is 6.82. The van der Waals surface area contributed by atoms with Crippen LogP contribution in [0.4, 0.5) is 0 Å². The Morgan fingerprint density at radius 3 is 2.79 bits per heavy atom. The standard InChI is InChI=1S/C13H13N3O3/c1-19-10-5-3-2-4-8(10)9-6-7-15-12(16-9)11(14)13(17)18/h2-7,11H,14H2,1H3,(H,17,18). The quantitative estimate of drug-likeness (QED) is 0.857. The second kappa shape index (κ2) is 5.45. The normalized spacial score (nSPS) is 11.9. The number of aliphatic carboxylic acids is 1. The fraction of sp³-hybridized carbons (Fsp3) is 0.154. The first kappa shape index (κ1) is 13.0. The molecule has 3 N–H and O–H groups in total. The maximum atomic E-state index is 10.8. The second-order valence-corrected chi connectivity index (χ2v) is 3.82. The maximum Gasteiger partial charge on any atom is 0.328 e. The summed E-state index contributed by atoms with van der Waals surface area (Å²) >= 11 is 0. The lowest BCUT2D eigenvalue weighted by molar-refractivity contribution is -0.138. The molecule has 6 heteroatoms. The molecule has 1 unspecified atom stereocenters. The molecule has 2 rings (SSSR count). The summed E-state index contributed by atoms with van der Waals surface area (Å²) in [6.07, 6.45) is 1.48. The molecule has 0 aliphatic heterocycles. The van der Waals surface area contributed by atoms with Gasteiger partial charge in [-0.15, -0.1) is 0 Å². The third-order valence-electron chi connectivity index (χ3n) is 2.60. The third kappa shape index (κ3) is 2.69. The molecule has 1 aromatic carbocycles. The Morgan fingerprint density at radius 2 is 2.11 bits per heavy atom. The van der Waals surface area contributed by atoms with Crippen LogP contribution in [0.1, 0.15) is 11.9 Å². The average molecular weight is 259 g/mol. The highest BCUT2D eigenvalue weighted by Gasteiger charge is 2.18. The molecule has 0 aliphatic carbocycles. The van der Waals surface area contributed by atoms with Crippen molar-refractivity contribution in [1.82, 2.24) is 9.97 Å². The van der Waals surface area contributed by atoms with Crippen molar-refractivity contribution in [3.05, 3.63) is 42.4 Å². The number of benzene rings is 1. The molecule has 2 aromatic rings. The highest BCUT2D eigenvalue weighted by atomic mass is 16.5. The first-order valence-electron chi connectivity index (χ1n) is 5.58. The molecule has 0 fully saturated rings. The van der Waals surface area contributed by atoms with Crippen molar-refractivity contribution in [2.75, 3.05) is 7.11 Å². The largest absolute Gasteiger partial charge is 0.496 e. The monoisotopic (exact) mass is 259 g/mol. The lowest BCUT2D eigenvalue weighted by Gasteiger charge is -2.09. The predicted molar refractivity (Wildman–Crippen MR) is 68.6 cm³/mol.